The Hall–Kier alpha value is -3.49. The Labute approximate surface area is 227 Å². The maximum absolute atomic E-state index is 13.6. The van der Waals surface area contributed by atoms with Crippen molar-refractivity contribution in [2.24, 2.45) is 0 Å². The minimum atomic E-state index is -0.608. The normalized spacial score (nSPS) is 11.6. The summed E-state index contributed by atoms with van der Waals surface area (Å²) in [6.07, 6.45) is 5.80. The Morgan fingerprint density at radius 1 is 1.29 bits per heavy atom. The minimum Gasteiger partial charge on any atom is -0.446 e. The second-order valence-corrected chi connectivity index (χ2v) is 8.58. The Morgan fingerprint density at radius 2 is 2.05 bits per heavy atom. The zero-order valence-electron chi connectivity index (χ0n) is 21.3. The number of hydrogen-bond acceptors (Lipinski definition) is 10. The van der Waals surface area contributed by atoms with Gasteiger partial charge >= 0.3 is 0 Å². The zero-order valence-corrected chi connectivity index (χ0v) is 23.0. The van der Waals surface area contributed by atoms with Crippen molar-refractivity contribution in [3.8, 4) is 0 Å². The van der Waals surface area contributed by atoms with Crippen LogP contribution in [0.15, 0.2) is 41.3 Å². The van der Waals surface area contributed by atoms with Crippen LogP contribution in [-0.2, 0) is 10.8 Å². The molecule has 38 heavy (non-hydrogen) atoms. The van der Waals surface area contributed by atoms with E-state index in [9.17, 15) is 13.1 Å². The summed E-state index contributed by atoms with van der Waals surface area (Å²) >= 11 is 1.06. The average molecular weight is 564 g/mol. The minimum absolute atomic E-state index is 0.0473. The van der Waals surface area contributed by atoms with Gasteiger partial charge in [-0.1, -0.05) is 13.8 Å². The summed E-state index contributed by atoms with van der Waals surface area (Å²) in [7, 11) is 1.61. The van der Waals surface area contributed by atoms with Crippen LogP contribution in [0.4, 0.5) is 14.0 Å². The molecule has 0 aliphatic heterocycles. The van der Waals surface area contributed by atoms with E-state index in [4.69, 9.17) is 14.0 Å². The Kier molecular flexibility index (Phi) is 10.2. The molecule has 1 aromatic carbocycles. The molecular formula is C24H27F2N7O3S2. The molecule has 4 aromatic rings. The van der Waals surface area contributed by atoms with Gasteiger partial charge in [-0.3, -0.25) is 10.2 Å². The highest BCUT2D eigenvalue weighted by Gasteiger charge is 2.23. The third-order valence-electron chi connectivity index (χ3n) is 5.17. The van der Waals surface area contributed by atoms with Gasteiger partial charge in [0.05, 0.1) is 17.5 Å². The Morgan fingerprint density at radius 3 is 2.74 bits per heavy atom. The molecule has 0 aliphatic carbocycles. The van der Waals surface area contributed by atoms with Crippen molar-refractivity contribution in [1.29, 1.82) is 5.41 Å². The van der Waals surface area contributed by atoms with E-state index in [1.165, 1.54) is 48.9 Å². The number of fused-ring (bicyclic) bond motifs is 1. The molecule has 0 unspecified atom stereocenters. The Bertz CT molecular complexity index is 1430. The number of halogens is 2. The summed E-state index contributed by atoms with van der Waals surface area (Å²) in [6, 6.07) is 3.33. The van der Waals surface area contributed by atoms with Gasteiger partial charge in [-0.15, -0.1) is 3.89 Å². The summed E-state index contributed by atoms with van der Waals surface area (Å²) in [5.74, 6) is -0.746. The van der Waals surface area contributed by atoms with Gasteiger partial charge in [0.2, 0.25) is 5.89 Å². The summed E-state index contributed by atoms with van der Waals surface area (Å²) in [4.78, 5) is 26.1. The molecule has 3 aromatic heterocycles. The van der Waals surface area contributed by atoms with E-state index in [-0.39, 0.29) is 53.0 Å². The van der Waals surface area contributed by atoms with Crippen molar-refractivity contribution < 1.29 is 21.7 Å². The number of carbonyl (C=O) groups is 1. The number of carbonyl (C=O) groups excluding carboxylic acids is 1. The summed E-state index contributed by atoms with van der Waals surface area (Å²) < 4.78 is 38.9. The lowest BCUT2D eigenvalue weighted by Gasteiger charge is -2.11. The third kappa shape index (κ3) is 6.31. The molecule has 0 bridgehead atoms. The van der Waals surface area contributed by atoms with E-state index in [1.807, 2.05) is 13.8 Å². The smallest absolute Gasteiger partial charge is 0.255 e. The maximum atomic E-state index is 13.6. The number of aromatic nitrogens is 4. The molecule has 4 rings (SSSR count). The van der Waals surface area contributed by atoms with E-state index in [2.05, 4.69) is 25.6 Å². The first-order valence-electron chi connectivity index (χ1n) is 11.5. The van der Waals surface area contributed by atoms with Gasteiger partial charge in [-0.2, -0.15) is 0 Å². The molecule has 0 radical (unpaired) electrons. The average Bonchev–Trinajstić information content (AvgIpc) is 3.57. The molecule has 10 nitrogen and oxygen atoms in total. The number of hydrogen-bond donors (Lipinski definition) is 3. The second-order valence-electron chi connectivity index (χ2n) is 7.48. The highest BCUT2D eigenvalue weighted by atomic mass is 32.2. The largest absolute Gasteiger partial charge is 0.446 e. The van der Waals surface area contributed by atoms with E-state index >= 15 is 0 Å². The van der Waals surface area contributed by atoms with Crippen LogP contribution in [0.3, 0.4) is 0 Å². The number of nitrogens with one attached hydrogen (secondary N) is 3. The van der Waals surface area contributed by atoms with E-state index in [0.29, 0.717) is 16.9 Å². The highest BCUT2D eigenvalue weighted by Crippen LogP contribution is 2.26. The predicted octanol–water partition coefficient (Wildman–Crippen LogP) is 5.71. The predicted molar refractivity (Wildman–Crippen MR) is 146 cm³/mol. The van der Waals surface area contributed by atoms with Crippen LogP contribution in [0.1, 0.15) is 60.0 Å². The number of nitrogens with zero attached hydrogens (tertiary/aromatic N) is 4. The van der Waals surface area contributed by atoms with Crippen molar-refractivity contribution in [2.75, 3.05) is 18.6 Å². The fourth-order valence-corrected chi connectivity index (χ4v) is 4.01. The standard InChI is InChI=1S/C22H21F2N7O3S2.C2H6/c1-11(22-29-13(9-33-22)10-34-35-3)28-21(32)15-8-31(36-24)20-19(15)30-17(7-27-20)18(25)14-5-4-12(23)6-16(14)26-2;1-2/h4-9,11,25-26H,10H2,1-3H3,(H,28,32);1-2H3/t11-;/m1./s1. The van der Waals surface area contributed by atoms with Gasteiger partial charge < -0.3 is 19.2 Å². The van der Waals surface area contributed by atoms with E-state index < -0.39 is 17.8 Å². The van der Waals surface area contributed by atoms with Crippen LogP contribution < -0.4 is 10.6 Å². The Balaban J connectivity index is 0.00000195. The first-order chi connectivity index (χ1) is 18.4. The first kappa shape index (κ1) is 29.1. The number of oxazole rings is 1. The molecule has 0 saturated carbocycles. The molecule has 1 atom stereocenters. The van der Waals surface area contributed by atoms with Crippen molar-refractivity contribution >= 4 is 52.8 Å². The molecule has 3 heterocycles. The number of amides is 1. The lowest BCUT2D eigenvalue weighted by molar-refractivity contribution is 0.0935. The molecular weight excluding hydrogens is 536 g/mol. The maximum Gasteiger partial charge on any atom is 0.255 e. The zero-order chi connectivity index (χ0) is 27.8. The van der Waals surface area contributed by atoms with Crippen LogP contribution in [0.2, 0.25) is 0 Å². The number of anilines is 1. The van der Waals surface area contributed by atoms with Crippen LogP contribution in [0, 0.1) is 11.2 Å². The topological polar surface area (TPSA) is 131 Å². The highest BCUT2D eigenvalue weighted by molar-refractivity contribution is 7.93. The summed E-state index contributed by atoms with van der Waals surface area (Å²) in [6.45, 7) is 5.94. The van der Waals surface area contributed by atoms with Gasteiger partial charge in [0.25, 0.3) is 5.91 Å². The molecule has 202 valence electrons. The number of benzene rings is 1. The molecule has 0 fully saturated rings. The van der Waals surface area contributed by atoms with E-state index in [1.54, 1.807) is 20.2 Å². The van der Waals surface area contributed by atoms with Crippen LogP contribution in [0.5, 0.6) is 0 Å². The molecule has 0 spiro atoms. The molecule has 0 aliphatic rings. The van der Waals surface area contributed by atoms with Crippen molar-refractivity contribution in [3.05, 3.63) is 71.1 Å². The molecule has 0 saturated heterocycles. The van der Waals surface area contributed by atoms with Crippen LogP contribution in [-0.4, -0.2) is 43.8 Å². The summed E-state index contributed by atoms with van der Waals surface area (Å²) in [5, 5.41) is 14.2. The second kappa shape index (κ2) is 13.3. The molecule has 3 N–H and O–H groups in total. The lowest BCUT2D eigenvalue weighted by Crippen LogP contribution is -2.27. The lowest BCUT2D eigenvalue weighted by atomic mass is 10.1. The monoisotopic (exact) mass is 563 g/mol. The van der Waals surface area contributed by atoms with Crippen molar-refractivity contribution in [3.63, 3.8) is 0 Å². The van der Waals surface area contributed by atoms with Gasteiger partial charge in [-0.25, -0.2) is 23.3 Å². The van der Waals surface area contributed by atoms with Gasteiger partial charge in [-0.05, 0) is 37.2 Å². The quantitative estimate of drug-likeness (QED) is 0.164. The van der Waals surface area contributed by atoms with Gasteiger partial charge in [0, 0.05) is 30.8 Å². The van der Waals surface area contributed by atoms with Gasteiger partial charge in [0.1, 0.15) is 41.6 Å². The molecule has 14 heteroatoms. The first-order valence-corrected chi connectivity index (χ1v) is 13.3. The fourth-order valence-electron chi connectivity index (χ4n) is 3.43. The fraction of sp³-hybridized carbons (Fsp3) is 0.292. The van der Waals surface area contributed by atoms with Crippen molar-refractivity contribution in [2.45, 2.75) is 33.4 Å². The van der Waals surface area contributed by atoms with Crippen LogP contribution >= 0.6 is 24.4 Å². The SMILES string of the molecule is CC.CNc1cc(F)ccc1C(=N)c1cnc2c(n1)c(C(=O)N[C@H](C)c1nc(COSC)co1)cn2SF. The van der Waals surface area contributed by atoms with Gasteiger partial charge in [0.15, 0.2) is 18.0 Å². The number of rotatable bonds is 10. The van der Waals surface area contributed by atoms with E-state index in [0.717, 1.165) is 3.97 Å². The van der Waals surface area contributed by atoms with Crippen molar-refractivity contribution in [1.82, 2.24) is 24.2 Å². The third-order valence-corrected chi connectivity index (χ3v) is 5.95. The molecule has 1 amide bonds. The van der Waals surface area contributed by atoms with Crippen LogP contribution in [0.25, 0.3) is 11.2 Å². The summed E-state index contributed by atoms with van der Waals surface area (Å²) in [5.41, 5.74) is 1.68.